The van der Waals surface area contributed by atoms with Gasteiger partial charge < -0.3 is 14.6 Å². The number of carbonyl (C=O) groups is 3. The summed E-state index contributed by atoms with van der Waals surface area (Å²) in [4.78, 5) is 39.8. The van der Waals surface area contributed by atoms with E-state index in [9.17, 15) is 19.5 Å². The monoisotopic (exact) mass is 491 g/mol. The molecule has 0 aliphatic carbocycles. The number of rotatable bonds is 6. The average Bonchev–Trinajstić information content (AvgIpc) is 3.14. The molecule has 0 unspecified atom stereocenters. The smallest absolute Gasteiger partial charge is 0.338 e. The molecule has 1 heterocycles. The number of anilines is 1. The Balaban J connectivity index is 1.86. The zero-order valence-electron chi connectivity index (χ0n) is 19.0. The van der Waals surface area contributed by atoms with Gasteiger partial charge in [0, 0.05) is 16.3 Å². The molecule has 0 aromatic heterocycles. The fourth-order valence-electron chi connectivity index (χ4n) is 3.97. The highest BCUT2D eigenvalue weighted by Crippen LogP contribution is 2.44. The molecule has 1 N–H and O–H groups in total. The molecule has 8 heteroatoms. The maximum atomic E-state index is 13.2. The molecule has 1 fully saturated rings. The van der Waals surface area contributed by atoms with Crippen LogP contribution >= 0.6 is 11.6 Å². The third kappa shape index (κ3) is 4.50. The highest BCUT2D eigenvalue weighted by atomic mass is 35.5. The molecule has 1 aliphatic rings. The summed E-state index contributed by atoms with van der Waals surface area (Å²) in [5, 5.41) is 11.5. The first-order valence-corrected chi connectivity index (χ1v) is 11.2. The van der Waals surface area contributed by atoms with Gasteiger partial charge >= 0.3 is 5.97 Å². The molecule has 1 aliphatic heterocycles. The van der Waals surface area contributed by atoms with Crippen LogP contribution in [-0.2, 0) is 14.3 Å². The Bertz CT molecular complexity index is 1310. The number of ether oxygens (including phenoxy) is 2. The standard InChI is InChI=1S/C27H22ClNO6/c1-3-35-27(33)17-8-12-18(13-9-17)29-23(20-6-4-5-7-21(20)28)22(25(31)26(29)32)24(30)16-10-14-19(34-2)15-11-16/h4-15,23,30H,3H2,1-2H3/b24-22+/t23-/m0/s1. The van der Waals surface area contributed by atoms with Crippen molar-refractivity contribution in [2.45, 2.75) is 13.0 Å². The van der Waals surface area contributed by atoms with Gasteiger partial charge in [0.1, 0.15) is 11.5 Å². The lowest BCUT2D eigenvalue weighted by molar-refractivity contribution is -0.132. The summed E-state index contributed by atoms with van der Waals surface area (Å²) in [5.41, 5.74) is 1.39. The van der Waals surface area contributed by atoms with Crippen molar-refractivity contribution >= 4 is 40.7 Å². The normalized spacial score (nSPS) is 16.9. The first kappa shape index (κ1) is 24.0. The number of nitrogens with zero attached hydrogens (tertiary/aromatic N) is 1. The van der Waals surface area contributed by atoms with Crippen LogP contribution < -0.4 is 9.64 Å². The van der Waals surface area contributed by atoms with Gasteiger partial charge in [0.25, 0.3) is 11.7 Å². The Morgan fingerprint density at radius 1 is 0.971 bits per heavy atom. The van der Waals surface area contributed by atoms with Gasteiger partial charge in [-0.05, 0) is 67.1 Å². The van der Waals surface area contributed by atoms with Gasteiger partial charge in [0.15, 0.2) is 0 Å². The van der Waals surface area contributed by atoms with Crippen molar-refractivity contribution in [1.29, 1.82) is 0 Å². The van der Waals surface area contributed by atoms with Crippen molar-refractivity contribution in [3.8, 4) is 5.75 Å². The van der Waals surface area contributed by atoms with Crippen LogP contribution in [-0.4, -0.2) is 36.5 Å². The maximum Gasteiger partial charge on any atom is 0.338 e. The molecule has 1 amide bonds. The van der Waals surface area contributed by atoms with E-state index in [1.54, 1.807) is 67.6 Å². The second-order valence-corrected chi connectivity index (χ2v) is 8.09. The lowest BCUT2D eigenvalue weighted by atomic mass is 9.95. The molecule has 3 aromatic rings. The van der Waals surface area contributed by atoms with Gasteiger partial charge in [-0.1, -0.05) is 29.8 Å². The second-order valence-electron chi connectivity index (χ2n) is 7.69. The van der Waals surface area contributed by atoms with Crippen molar-refractivity contribution in [3.05, 3.63) is 100 Å². The Kier molecular flexibility index (Phi) is 6.89. The Hall–Kier alpha value is -4.10. The van der Waals surface area contributed by atoms with Crippen LogP contribution in [0.1, 0.15) is 34.5 Å². The number of esters is 1. The molecular formula is C27H22ClNO6. The summed E-state index contributed by atoms with van der Waals surface area (Å²) in [6.07, 6.45) is 0. The van der Waals surface area contributed by atoms with Crippen LogP contribution in [0.15, 0.2) is 78.4 Å². The van der Waals surface area contributed by atoms with E-state index < -0.39 is 23.7 Å². The fourth-order valence-corrected chi connectivity index (χ4v) is 4.21. The summed E-state index contributed by atoms with van der Waals surface area (Å²) in [6, 6.07) is 18.4. The summed E-state index contributed by atoms with van der Waals surface area (Å²) in [7, 11) is 1.52. The van der Waals surface area contributed by atoms with E-state index in [1.807, 2.05) is 0 Å². The van der Waals surface area contributed by atoms with E-state index in [1.165, 1.54) is 24.1 Å². The zero-order valence-corrected chi connectivity index (χ0v) is 19.8. The van der Waals surface area contributed by atoms with E-state index in [0.717, 1.165) is 0 Å². The van der Waals surface area contributed by atoms with Crippen molar-refractivity contribution in [3.63, 3.8) is 0 Å². The Morgan fingerprint density at radius 3 is 2.20 bits per heavy atom. The van der Waals surface area contributed by atoms with Crippen LogP contribution in [0.4, 0.5) is 5.69 Å². The van der Waals surface area contributed by atoms with Crippen LogP contribution in [0, 0.1) is 0 Å². The number of aliphatic hydroxyl groups is 1. The largest absolute Gasteiger partial charge is 0.507 e. The number of amides is 1. The molecule has 4 rings (SSSR count). The van der Waals surface area contributed by atoms with Gasteiger partial charge in [0.2, 0.25) is 0 Å². The average molecular weight is 492 g/mol. The maximum absolute atomic E-state index is 13.2. The number of ketones is 1. The van der Waals surface area contributed by atoms with Crippen molar-refractivity contribution in [2.24, 2.45) is 0 Å². The van der Waals surface area contributed by atoms with Crippen molar-refractivity contribution < 1.29 is 29.0 Å². The minimum absolute atomic E-state index is 0.0947. The minimum atomic E-state index is -0.987. The van der Waals surface area contributed by atoms with E-state index in [0.29, 0.717) is 33.1 Å². The molecule has 0 radical (unpaired) electrons. The molecule has 7 nitrogen and oxygen atoms in total. The number of hydrogen-bond donors (Lipinski definition) is 1. The summed E-state index contributed by atoms with van der Waals surface area (Å²) >= 11 is 6.48. The number of halogens is 1. The Morgan fingerprint density at radius 2 is 1.60 bits per heavy atom. The molecule has 35 heavy (non-hydrogen) atoms. The first-order valence-electron chi connectivity index (χ1n) is 10.8. The molecular weight excluding hydrogens is 470 g/mol. The van der Waals surface area contributed by atoms with Crippen LogP contribution in [0.5, 0.6) is 5.75 Å². The predicted octanol–water partition coefficient (Wildman–Crippen LogP) is 5.15. The second kappa shape index (κ2) is 10.0. The number of hydrogen-bond acceptors (Lipinski definition) is 6. The van der Waals surface area contributed by atoms with E-state index in [4.69, 9.17) is 21.1 Å². The molecule has 0 saturated carbocycles. The molecule has 1 atom stereocenters. The number of aliphatic hydroxyl groups excluding tert-OH is 1. The van der Waals surface area contributed by atoms with E-state index in [2.05, 4.69) is 0 Å². The fraction of sp³-hybridized carbons (Fsp3) is 0.148. The minimum Gasteiger partial charge on any atom is -0.507 e. The molecule has 0 spiro atoms. The SMILES string of the molecule is CCOC(=O)c1ccc(N2C(=O)C(=O)/C(=C(/O)c3ccc(OC)cc3)[C@@H]2c2ccccc2Cl)cc1. The zero-order chi connectivity index (χ0) is 25.1. The van der Waals surface area contributed by atoms with Crippen molar-refractivity contribution in [2.75, 3.05) is 18.6 Å². The number of benzene rings is 3. The summed E-state index contributed by atoms with van der Waals surface area (Å²) < 4.78 is 10.2. The lowest BCUT2D eigenvalue weighted by Gasteiger charge is -2.26. The third-order valence-corrected chi connectivity index (χ3v) is 6.01. The number of carbonyl (C=O) groups excluding carboxylic acids is 3. The highest BCUT2D eigenvalue weighted by molar-refractivity contribution is 6.52. The molecule has 178 valence electrons. The van der Waals surface area contributed by atoms with Crippen LogP contribution in [0.2, 0.25) is 5.02 Å². The van der Waals surface area contributed by atoms with E-state index >= 15 is 0 Å². The van der Waals surface area contributed by atoms with Gasteiger partial charge in [-0.25, -0.2) is 4.79 Å². The van der Waals surface area contributed by atoms with Crippen LogP contribution in [0.3, 0.4) is 0 Å². The third-order valence-electron chi connectivity index (χ3n) is 5.66. The summed E-state index contributed by atoms with van der Waals surface area (Å²) in [5.74, 6) is -1.93. The van der Waals surface area contributed by atoms with Gasteiger partial charge in [-0.2, -0.15) is 0 Å². The van der Waals surface area contributed by atoms with Gasteiger partial charge in [0.05, 0.1) is 30.9 Å². The van der Waals surface area contributed by atoms with Gasteiger partial charge in [-0.15, -0.1) is 0 Å². The first-order chi connectivity index (χ1) is 16.9. The quantitative estimate of drug-likeness (QED) is 0.222. The molecule has 3 aromatic carbocycles. The highest BCUT2D eigenvalue weighted by Gasteiger charge is 2.47. The van der Waals surface area contributed by atoms with E-state index in [-0.39, 0.29) is 17.9 Å². The summed E-state index contributed by atoms with van der Waals surface area (Å²) in [6.45, 7) is 1.94. The molecule has 1 saturated heterocycles. The van der Waals surface area contributed by atoms with Crippen molar-refractivity contribution in [1.82, 2.24) is 0 Å². The Labute approximate surface area is 207 Å². The number of Topliss-reactive ketones (excluding diaryl/α,β-unsaturated/α-hetero) is 1. The predicted molar refractivity (Wildman–Crippen MR) is 132 cm³/mol. The lowest BCUT2D eigenvalue weighted by Crippen LogP contribution is -2.29. The van der Waals surface area contributed by atoms with Crippen LogP contribution in [0.25, 0.3) is 5.76 Å². The topological polar surface area (TPSA) is 93.1 Å². The number of methoxy groups -OCH3 is 1. The molecule has 0 bridgehead atoms. The van der Waals surface area contributed by atoms with Gasteiger partial charge in [-0.3, -0.25) is 14.5 Å².